The second-order valence-corrected chi connectivity index (χ2v) is 5.15. The van der Waals surface area contributed by atoms with Gasteiger partial charge in [-0.1, -0.05) is 17.7 Å². The van der Waals surface area contributed by atoms with Gasteiger partial charge in [-0.05, 0) is 38.4 Å². The molecule has 0 saturated carbocycles. The lowest BCUT2D eigenvalue weighted by molar-refractivity contribution is 0.398. The van der Waals surface area contributed by atoms with E-state index in [9.17, 15) is 0 Å². The smallest absolute Gasteiger partial charge is 0.123 e. The Hall–Kier alpha value is -1.81. The summed E-state index contributed by atoms with van der Waals surface area (Å²) in [5.74, 6) is 0.945. The number of aromatic nitrogens is 2. The first-order valence-electron chi connectivity index (χ1n) is 6.93. The number of aryl methyl sites for hydroxylation is 3. The number of hydrogen-bond acceptors (Lipinski definition) is 3. The van der Waals surface area contributed by atoms with E-state index in [0.29, 0.717) is 0 Å². The van der Waals surface area contributed by atoms with Crippen molar-refractivity contribution >= 4 is 0 Å². The summed E-state index contributed by atoms with van der Waals surface area (Å²) >= 11 is 0. The first-order valence-corrected chi connectivity index (χ1v) is 6.93. The van der Waals surface area contributed by atoms with Crippen molar-refractivity contribution in [2.24, 2.45) is 7.05 Å². The van der Waals surface area contributed by atoms with Gasteiger partial charge in [-0.2, -0.15) is 5.10 Å². The minimum Gasteiger partial charge on any atom is -0.496 e. The molecule has 108 valence electrons. The topological polar surface area (TPSA) is 39.1 Å². The molecule has 1 aromatic carbocycles. The second-order valence-electron chi connectivity index (χ2n) is 5.15. The van der Waals surface area contributed by atoms with Crippen molar-refractivity contribution in [2.45, 2.75) is 25.8 Å². The molecule has 1 atom stereocenters. The van der Waals surface area contributed by atoms with Gasteiger partial charge in [-0.15, -0.1) is 0 Å². The molecule has 0 bridgehead atoms. The Balaban J connectivity index is 2.13. The quantitative estimate of drug-likeness (QED) is 0.879. The van der Waals surface area contributed by atoms with Crippen LogP contribution in [0.4, 0.5) is 0 Å². The van der Waals surface area contributed by atoms with Gasteiger partial charge in [-0.3, -0.25) is 4.68 Å². The monoisotopic (exact) mass is 273 g/mol. The maximum absolute atomic E-state index is 5.48. The molecule has 0 aliphatic heterocycles. The zero-order valence-electron chi connectivity index (χ0n) is 12.7. The van der Waals surface area contributed by atoms with Crippen LogP contribution in [-0.4, -0.2) is 23.9 Å². The van der Waals surface area contributed by atoms with Crippen molar-refractivity contribution < 1.29 is 4.74 Å². The first-order chi connectivity index (χ1) is 9.63. The number of benzene rings is 1. The molecular weight excluding hydrogens is 250 g/mol. The third-order valence-electron chi connectivity index (χ3n) is 3.59. The number of ether oxygens (including phenoxy) is 1. The lowest BCUT2D eigenvalue weighted by Crippen LogP contribution is -2.18. The van der Waals surface area contributed by atoms with E-state index in [0.717, 1.165) is 18.6 Å². The molecule has 0 aliphatic rings. The summed E-state index contributed by atoms with van der Waals surface area (Å²) in [6.45, 7) is 2.11. The largest absolute Gasteiger partial charge is 0.496 e. The highest BCUT2D eigenvalue weighted by Gasteiger charge is 2.15. The van der Waals surface area contributed by atoms with Crippen LogP contribution in [0, 0.1) is 6.92 Å². The maximum Gasteiger partial charge on any atom is 0.123 e. The summed E-state index contributed by atoms with van der Waals surface area (Å²) in [6.07, 6.45) is 6.01. The van der Waals surface area contributed by atoms with Gasteiger partial charge in [0.1, 0.15) is 5.75 Å². The Morgan fingerprint density at radius 1 is 1.40 bits per heavy atom. The summed E-state index contributed by atoms with van der Waals surface area (Å²) in [6, 6.07) is 6.60. The lowest BCUT2D eigenvalue weighted by atomic mass is 9.98. The van der Waals surface area contributed by atoms with Crippen LogP contribution in [-0.2, 0) is 13.5 Å². The Morgan fingerprint density at radius 2 is 2.20 bits per heavy atom. The summed E-state index contributed by atoms with van der Waals surface area (Å²) in [7, 11) is 5.67. The fraction of sp³-hybridized carbons (Fsp3) is 0.438. The summed E-state index contributed by atoms with van der Waals surface area (Å²) in [5, 5.41) is 7.60. The molecule has 0 amide bonds. The number of rotatable bonds is 6. The van der Waals surface area contributed by atoms with Crippen LogP contribution in [0.25, 0.3) is 0 Å². The molecule has 0 radical (unpaired) electrons. The van der Waals surface area contributed by atoms with E-state index in [-0.39, 0.29) is 6.04 Å². The van der Waals surface area contributed by atoms with Crippen LogP contribution >= 0.6 is 0 Å². The average molecular weight is 273 g/mol. The lowest BCUT2D eigenvalue weighted by Gasteiger charge is -2.19. The molecule has 1 aromatic heterocycles. The SMILES string of the molecule is CNC(CCc1cnn(C)c1)c1cc(C)ccc1OC. The van der Waals surface area contributed by atoms with Gasteiger partial charge >= 0.3 is 0 Å². The van der Waals surface area contributed by atoms with Gasteiger partial charge in [-0.25, -0.2) is 0 Å². The normalized spacial score (nSPS) is 12.4. The zero-order chi connectivity index (χ0) is 14.5. The van der Waals surface area contributed by atoms with E-state index < -0.39 is 0 Å². The van der Waals surface area contributed by atoms with E-state index >= 15 is 0 Å². The number of nitrogens with zero attached hydrogens (tertiary/aromatic N) is 2. The summed E-state index contributed by atoms with van der Waals surface area (Å²) < 4.78 is 7.33. The minimum atomic E-state index is 0.282. The van der Waals surface area contributed by atoms with Crippen molar-refractivity contribution in [1.82, 2.24) is 15.1 Å². The molecule has 2 aromatic rings. The van der Waals surface area contributed by atoms with E-state index in [1.165, 1.54) is 16.7 Å². The summed E-state index contributed by atoms with van der Waals surface area (Å²) in [5.41, 5.74) is 3.74. The van der Waals surface area contributed by atoms with Crippen molar-refractivity contribution in [2.75, 3.05) is 14.2 Å². The van der Waals surface area contributed by atoms with Gasteiger partial charge in [0.25, 0.3) is 0 Å². The van der Waals surface area contributed by atoms with Gasteiger partial charge in [0.15, 0.2) is 0 Å². The van der Waals surface area contributed by atoms with E-state index in [4.69, 9.17) is 4.74 Å². The van der Waals surface area contributed by atoms with Gasteiger partial charge in [0.2, 0.25) is 0 Å². The molecule has 4 heteroatoms. The third-order valence-corrected chi connectivity index (χ3v) is 3.59. The van der Waals surface area contributed by atoms with Crippen LogP contribution in [0.15, 0.2) is 30.6 Å². The Labute approximate surface area is 120 Å². The number of nitrogens with one attached hydrogen (secondary N) is 1. The molecule has 1 heterocycles. The Bertz CT molecular complexity index is 563. The average Bonchev–Trinajstić information content (AvgIpc) is 2.85. The zero-order valence-corrected chi connectivity index (χ0v) is 12.7. The van der Waals surface area contributed by atoms with Crippen molar-refractivity contribution in [3.05, 3.63) is 47.3 Å². The molecule has 2 rings (SSSR count). The van der Waals surface area contributed by atoms with Crippen molar-refractivity contribution in [1.29, 1.82) is 0 Å². The van der Waals surface area contributed by atoms with Crippen molar-refractivity contribution in [3.63, 3.8) is 0 Å². The van der Waals surface area contributed by atoms with Gasteiger partial charge in [0, 0.05) is 24.8 Å². The molecule has 0 saturated heterocycles. The highest BCUT2D eigenvalue weighted by molar-refractivity contribution is 5.39. The fourth-order valence-corrected chi connectivity index (χ4v) is 2.49. The van der Waals surface area contributed by atoms with E-state index in [2.05, 4.69) is 35.7 Å². The van der Waals surface area contributed by atoms with Crippen LogP contribution in [0.2, 0.25) is 0 Å². The van der Waals surface area contributed by atoms with Gasteiger partial charge in [0.05, 0.1) is 13.3 Å². The molecule has 0 aliphatic carbocycles. The van der Waals surface area contributed by atoms with E-state index in [1.807, 2.05) is 31.0 Å². The molecule has 1 N–H and O–H groups in total. The number of methoxy groups -OCH3 is 1. The van der Waals surface area contributed by atoms with Crippen LogP contribution in [0.3, 0.4) is 0 Å². The number of hydrogen-bond donors (Lipinski definition) is 1. The van der Waals surface area contributed by atoms with E-state index in [1.54, 1.807) is 7.11 Å². The molecule has 4 nitrogen and oxygen atoms in total. The molecule has 0 fully saturated rings. The van der Waals surface area contributed by atoms with Gasteiger partial charge < -0.3 is 10.1 Å². The first kappa shape index (κ1) is 14.6. The highest BCUT2D eigenvalue weighted by Crippen LogP contribution is 2.29. The highest BCUT2D eigenvalue weighted by atomic mass is 16.5. The molecule has 20 heavy (non-hydrogen) atoms. The standard InChI is InChI=1S/C16H23N3O/c1-12-5-8-16(20-4)14(9-12)15(17-2)7-6-13-10-18-19(3)11-13/h5,8-11,15,17H,6-7H2,1-4H3. The molecule has 0 spiro atoms. The second kappa shape index (κ2) is 6.57. The third kappa shape index (κ3) is 3.39. The maximum atomic E-state index is 5.48. The Morgan fingerprint density at radius 3 is 2.80 bits per heavy atom. The predicted molar refractivity (Wildman–Crippen MR) is 81.1 cm³/mol. The van der Waals surface area contributed by atoms with Crippen LogP contribution < -0.4 is 10.1 Å². The predicted octanol–water partition coefficient (Wildman–Crippen LogP) is 2.63. The van der Waals surface area contributed by atoms with Crippen LogP contribution in [0.1, 0.15) is 29.2 Å². The molecular formula is C16H23N3O. The fourth-order valence-electron chi connectivity index (χ4n) is 2.49. The van der Waals surface area contributed by atoms with Crippen molar-refractivity contribution in [3.8, 4) is 5.75 Å². The summed E-state index contributed by atoms with van der Waals surface area (Å²) in [4.78, 5) is 0. The minimum absolute atomic E-state index is 0.282. The Kier molecular flexibility index (Phi) is 4.79. The molecule has 1 unspecified atom stereocenters. The van der Waals surface area contributed by atoms with Crippen LogP contribution in [0.5, 0.6) is 5.75 Å².